The van der Waals surface area contributed by atoms with Gasteiger partial charge in [-0.15, -0.1) is 0 Å². The first-order chi connectivity index (χ1) is 15.8. The second-order valence-corrected chi connectivity index (χ2v) is 10.3. The maximum Gasteiger partial charge on any atom is 0.272 e. The Hall–Kier alpha value is -3.33. The number of rotatable bonds is 5. The Morgan fingerprint density at radius 2 is 1.79 bits per heavy atom. The van der Waals surface area contributed by atoms with Crippen LogP contribution in [0.15, 0.2) is 54.6 Å². The quantitative estimate of drug-likeness (QED) is 0.570. The lowest BCUT2D eigenvalue weighted by Crippen LogP contribution is -2.34. The van der Waals surface area contributed by atoms with Gasteiger partial charge in [0, 0.05) is 25.7 Å². The van der Waals surface area contributed by atoms with Gasteiger partial charge in [0.2, 0.25) is 0 Å². The van der Waals surface area contributed by atoms with Gasteiger partial charge in [-0.05, 0) is 36.2 Å². The summed E-state index contributed by atoms with van der Waals surface area (Å²) in [5.74, 6) is 0.933. The highest BCUT2D eigenvalue weighted by Gasteiger charge is 2.33. The molecule has 1 aliphatic rings. The third-order valence-corrected chi connectivity index (χ3v) is 8.11. The molecule has 2 aromatic carbocycles. The summed E-state index contributed by atoms with van der Waals surface area (Å²) in [7, 11) is 1.48. The van der Waals surface area contributed by atoms with Crippen molar-refractivity contribution in [1.29, 1.82) is 0 Å². The summed E-state index contributed by atoms with van der Waals surface area (Å²) in [4.78, 5) is 15.0. The fourth-order valence-corrected chi connectivity index (χ4v) is 5.96. The van der Waals surface area contributed by atoms with Gasteiger partial charge in [0.15, 0.2) is 9.84 Å². The summed E-state index contributed by atoms with van der Waals surface area (Å²) in [5.41, 5.74) is 2.42. The molecule has 1 aliphatic heterocycles. The topological polar surface area (TPSA) is 90.7 Å². The number of benzene rings is 2. The average Bonchev–Trinajstić information content (AvgIpc) is 3.13. The zero-order valence-corrected chi connectivity index (χ0v) is 19.7. The molecule has 1 fully saturated rings. The molecule has 3 aromatic rings. The van der Waals surface area contributed by atoms with Crippen LogP contribution in [-0.2, 0) is 16.9 Å². The molecule has 0 radical (unpaired) electrons. The van der Waals surface area contributed by atoms with Crippen LogP contribution in [0.2, 0.25) is 0 Å². The minimum Gasteiger partial charge on any atom is -0.497 e. The fraction of sp³-hybridized carbons (Fsp3) is 0.333. The van der Waals surface area contributed by atoms with E-state index in [-0.39, 0.29) is 18.2 Å². The zero-order valence-electron chi connectivity index (χ0n) is 18.9. The zero-order chi connectivity index (χ0) is 23.6. The van der Waals surface area contributed by atoms with Crippen molar-refractivity contribution in [1.82, 2.24) is 14.7 Å². The Labute approximate surface area is 193 Å². The monoisotopic (exact) mass is 469 g/mol. The molecule has 2 heterocycles. The van der Waals surface area contributed by atoms with Crippen LogP contribution in [0, 0.1) is 0 Å². The van der Waals surface area contributed by atoms with E-state index in [1.165, 1.54) is 4.68 Å². The summed E-state index contributed by atoms with van der Waals surface area (Å²) in [6, 6.07) is 16.3. The van der Waals surface area contributed by atoms with Crippen molar-refractivity contribution in [3.8, 4) is 22.8 Å². The lowest BCUT2D eigenvalue weighted by atomic mass is 10.1. The van der Waals surface area contributed by atoms with E-state index in [4.69, 9.17) is 9.47 Å². The number of hydrogen-bond acceptors (Lipinski definition) is 6. The van der Waals surface area contributed by atoms with E-state index in [1.54, 1.807) is 50.4 Å². The lowest BCUT2D eigenvalue weighted by molar-refractivity contribution is 0.0755. The third-order valence-electron chi connectivity index (χ3n) is 5.98. The number of carbonyl (C=O) groups excluding carboxylic acids is 1. The molecule has 0 bridgehead atoms. The number of sulfone groups is 1. The van der Waals surface area contributed by atoms with Gasteiger partial charge in [0.1, 0.15) is 17.2 Å². The molecule has 1 amide bonds. The predicted molar refractivity (Wildman–Crippen MR) is 125 cm³/mol. The molecule has 33 heavy (non-hydrogen) atoms. The highest BCUT2D eigenvalue weighted by Crippen LogP contribution is 2.34. The van der Waals surface area contributed by atoms with Gasteiger partial charge >= 0.3 is 0 Å². The van der Waals surface area contributed by atoms with Crippen LogP contribution in [0.25, 0.3) is 11.3 Å². The number of methoxy groups -OCH3 is 2. The van der Waals surface area contributed by atoms with Crippen molar-refractivity contribution >= 4 is 15.7 Å². The maximum atomic E-state index is 13.4. The molecule has 0 aliphatic carbocycles. The molecule has 0 N–H and O–H groups in total. The summed E-state index contributed by atoms with van der Waals surface area (Å²) in [6.07, 6.45) is 0.354. The molecule has 1 aromatic heterocycles. The summed E-state index contributed by atoms with van der Waals surface area (Å²) in [6.45, 7) is 0.494. The molecule has 1 atom stereocenters. The first kappa shape index (κ1) is 22.8. The maximum absolute atomic E-state index is 13.4. The SMILES string of the molecule is COc1ccc(OC)c(-c2cc(C(=O)N3CCC(c4ccccc4)S(=O)(=O)CC3)n(C)n2)c1. The van der Waals surface area contributed by atoms with Crippen molar-refractivity contribution in [3.05, 3.63) is 65.9 Å². The Kier molecular flexibility index (Phi) is 6.42. The van der Waals surface area contributed by atoms with Gasteiger partial charge in [-0.1, -0.05) is 30.3 Å². The standard InChI is InChI=1S/C24H27N3O5S/c1-26-21(16-20(25-26)19-15-18(31-2)9-10-22(19)32-3)24(28)27-12-11-23(33(29,30)14-13-27)17-7-5-4-6-8-17/h4-10,15-16,23H,11-14H2,1-3H3. The smallest absolute Gasteiger partial charge is 0.272 e. The minimum atomic E-state index is -3.37. The molecule has 174 valence electrons. The first-order valence-corrected chi connectivity index (χ1v) is 12.4. The van der Waals surface area contributed by atoms with Gasteiger partial charge in [0.05, 0.1) is 30.9 Å². The molecule has 0 saturated carbocycles. The molecule has 1 saturated heterocycles. The summed E-state index contributed by atoms with van der Waals surface area (Å²) >= 11 is 0. The highest BCUT2D eigenvalue weighted by atomic mass is 32.2. The molecule has 0 spiro atoms. The van der Waals surface area contributed by atoms with Crippen molar-refractivity contribution in [2.24, 2.45) is 7.05 Å². The second-order valence-electron chi connectivity index (χ2n) is 7.95. The summed E-state index contributed by atoms with van der Waals surface area (Å²) < 4.78 is 38.1. The Morgan fingerprint density at radius 3 is 2.48 bits per heavy atom. The van der Waals surface area contributed by atoms with E-state index >= 15 is 0 Å². The predicted octanol–water partition coefficient (Wildman–Crippen LogP) is 3.11. The number of nitrogens with zero attached hydrogens (tertiary/aromatic N) is 3. The van der Waals surface area contributed by atoms with Crippen LogP contribution in [0.4, 0.5) is 0 Å². The molecular weight excluding hydrogens is 442 g/mol. The van der Waals surface area contributed by atoms with Crippen LogP contribution in [-0.4, -0.2) is 62.1 Å². The number of carbonyl (C=O) groups is 1. The third kappa shape index (κ3) is 4.59. The van der Waals surface area contributed by atoms with Gasteiger partial charge in [0.25, 0.3) is 5.91 Å². The van der Waals surface area contributed by atoms with Crippen molar-refractivity contribution in [3.63, 3.8) is 0 Å². The first-order valence-electron chi connectivity index (χ1n) is 10.7. The van der Waals surface area contributed by atoms with Crippen molar-refractivity contribution < 1.29 is 22.7 Å². The Morgan fingerprint density at radius 1 is 1.03 bits per heavy atom. The summed E-state index contributed by atoms with van der Waals surface area (Å²) in [5, 5.41) is 3.90. The molecule has 4 rings (SSSR count). The van der Waals surface area contributed by atoms with E-state index in [1.807, 2.05) is 30.3 Å². The van der Waals surface area contributed by atoms with E-state index < -0.39 is 15.1 Å². The lowest BCUT2D eigenvalue weighted by Gasteiger charge is -2.19. The number of ether oxygens (including phenoxy) is 2. The number of aryl methyl sites for hydroxylation is 1. The van der Waals surface area contributed by atoms with Crippen LogP contribution >= 0.6 is 0 Å². The van der Waals surface area contributed by atoms with Crippen molar-refractivity contribution in [2.45, 2.75) is 11.7 Å². The normalized spacial score (nSPS) is 17.9. The van der Waals surface area contributed by atoms with Gasteiger partial charge in [-0.25, -0.2) is 8.42 Å². The molecule has 8 nitrogen and oxygen atoms in total. The molecular formula is C24H27N3O5S. The fourth-order valence-electron chi connectivity index (χ4n) is 4.16. The number of aromatic nitrogens is 2. The number of amides is 1. The van der Waals surface area contributed by atoms with Gasteiger partial charge < -0.3 is 14.4 Å². The van der Waals surface area contributed by atoms with E-state index in [0.717, 1.165) is 5.56 Å². The molecule has 9 heteroatoms. The van der Waals surface area contributed by atoms with E-state index in [0.29, 0.717) is 41.4 Å². The van der Waals surface area contributed by atoms with Gasteiger partial charge in [-0.2, -0.15) is 5.10 Å². The Bertz CT molecular complexity index is 1250. The highest BCUT2D eigenvalue weighted by molar-refractivity contribution is 7.91. The largest absolute Gasteiger partial charge is 0.497 e. The van der Waals surface area contributed by atoms with Crippen LogP contribution in [0.5, 0.6) is 11.5 Å². The van der Waals surface area contributed by atoms with Crippen LogP contribution in [0.1, 0.15) is 27.7 Å². The van der Waals surface area contributed by atoms with E-state index in [2.05, 4.69) is 5.10 Å². The average molecular weight is 470 g/mol. The number of hydrogen-bond donors (Lipinski definition) is 0. The van der Waals surface area contributed by atoms with Crippen molar-refractivity contribution in [2.75, 3.05) is 33.1 Å². The van der Waals surface area contributed by atoms with Gasteiger partial charge in [-0.3, -0.25) is 9.48 Å². The second kappa shape index (κ2) is 9.27. The van der Waals surface area contributed by atoms with E-state index in [9.17, 15) is 13.2 Å². The minimum absolute atomic E-state index is 0.0767. The Balaban J connectivity index is 1.60. The van der Waals surface area contributed by atoms with Crippen LogP contribution < -0.4 is 9.47 Å². The molecule has 1 unspecified atom stereocenters. The van der Waals surface area contributed by atoms with Crippen LogP contribution in [0.3, 0.4) is 0 Å².